The molecular weight excluding hydrogens is 76.1 g/mol. The van der Waals surface area contributed by atoms with Crippen molar-refractivity contribution < 1.29 is 4.79 Å². The van der Waals surface area contributed by atoms with Crippen LogP contribution in [-0.2, 0) is 4.79 Å². The van der Waals surface area contributed by atoms with Gasteiger partial charge in [0.15, 0.2) is 0 Å². The Balaban J connectivity index is 0. The van der Waals surface area contributed by atoms with Crippen molar-refractivity contribution >= 4 is 6.79 Å². The molecule has 0 saturated heterocycles. The molecular formula is C5H10O. The normalized spacial score (nSPS) is 4.83. The molecule has 0 aromatic carbocycles. The van der Waals surface area contributed by atoms with E-state index < -0.39 is 0 Å². The van der Waals surface area contributed by atoms with Crippen LogP contribution in [0.2, 0.25) is 0 Å². The second-order valence-electron chi connectivity index (χ2n) is 0.697. The Kier molecular flexibility index (Phi) is 38.9. The molecule has 0 aliphatic rings. The second kappa shape index (κ2) is 25.8. The molecule has 0 unspecified atom stereocenters. The first-order valence-corrected chi connectivity index (χ1v) is 1.81. The highest BCUT2D eigenvalue weighted by atomic mass is 16.1. The number of carbonyl (C=O) groups is 1. The van der Waals surface area contributed by atoms with E-state index in [4.69, 9.17) is 4.79 Å². The summed E-state index contributed by atoms with van der Waals surface area (Å²) in [4.78, 5) is 8.00. The SMILES string of the molecule is C=CCC.C=O. The Hall–Kier alpha value is -0.590. The molecule has 0 spiro atoms. The van der Waals surface area contributed by atoms with Crippen LogP contribution >= 0.6 is 0 Å². The van der Waals surface area contributed by atoms with Crippen LogP contribution in [0.15, 0.2) is 12.7 Å². The number of carbonyl (C=O) groups excluding carboxylic acids is 1. The summed E-state index contributed by atoms with van der Waals surface area (Å²) < 4.78 is 0. The molecule has 0 radical (unpaired) electrons. The van der Waals surface area contributed by atoms with Crippen molar-refractivity contribution in [2.45, 2.75) is 13.3 Å². The smallest absolute Gasteiger partial charge is 0.106 e. The predicted octanol–water partition coefficient (Wildman–Crippen LogP) is 1.40. The Labute approximate surface area is 38.7 Å². The molecule has 0 bridgehead atoms. The molecule has 36 valence electrons. The van der Waals surface area contributed by atoms with E-state index in [0.717, 1.165) is 6.42 Å². The van der Waals surface area contributed by atoms with E-state index in [9.17, 15) is 0 Å². The first-order chi connectivity index (χ1) is 2.91. The maximum atomic E-state index is 8.00. The van der Waals surface area contributed by atoms with E-state index in [1.807, 2.05) is 12.9 Å². The van der Waals surface area contributed by atoms with Crippen LogP contribution in [-0.4, -0.2) is 6.79 Å². The van der Waals surface area contributed by atoms with Gasteiger partial charge in [-0.15, -0.1) is 6.58 Å². The summed E-state index contributed by atoms with van der Waals surface area (Å²) in [7, 11) is 0. The van der Waals surface area contributed by atoms with Crippen LogP contribution in [0.5, 0.6) is 0 Å². The van der Waals surface area contributed by atoms with Gasteiger partial charge in [-0.05, 0) is 6.42 Å². The summed E-state index contributed by atoms with van der Waals surface area (Å²) in [6, 6.07) is 0. The van der Waals surface area contributed by atoms with E-state index in [0.29, 0.717) is 0 Å². The van der Waals surface area contributed by atoms with Gasteiger partial charge >= 0.3 is 0 Å². The molecule has 0 atom stereocenters. The highest BCUT2D eigenvalue weighted by molar-refractivity contribution is 5.10. The van der Waals surface area contributed by atoms with Gasteiger partial charge in [-0.3, -0.25) is 0 Å². The molecule has 0 amide bonds. The van der Waals surface area contributed by atoms with Gasteiger partial charge in [0, 0.05) is 0 Å². The highest BCUT2D eigenvalue weighted by Crippen LogP contribution is 1.66. The van der Waals surface area contributed by atoms with Gasteiger partial charge in [-0.25, -0.2) is 0 Å². The molecule has 0 rings (SSSR count). The van der Waals surface area contributed by atoms with E-state index in [1.54, 1.807) is 0 Å². The Morgan fingerprint density at radius 2 is 1.83 bits per heavy atom. The molecule has 1 nitrogen and oxygen atoms in total. The van der Waals surface area contributed by atoms with E-state index >= 15 is 0 Å². The van der Waals surface area contributed by atoms with Crippen molar-refractivity contribution in [3.63, 3.8) is 0 Å². The van der Waals surface area contributed by atoms with Crippen LogP contribution in [0.25, 0.3) is 0 Å². The molecule has 0 aromatic rings. The van der Waals surface area contributed by atoms with Crippen LogP contribution in [0.3, 0.4) is 0 Å². The van der Waals surface area contributed by atoms with Crippen molar-refractivity contribution in [3.05, 3.63) is 12.7 Å². The Morgan fingerprint density at radius 3 is 1.83 bits per heavy atom. The van der Waals surface area contributed by atoms with Crippen molar-refractivity contribution in [2.75, 3.05) is 0 Å². The monoisotopic (exact) mass is 86.1 g/mol. The van der Waals surface area contributed by atoms with Gasteiger partial charge in [0.05, 0.1) is 0 Å². The van der Waals surface area contributed by atoms with Crippen LogP contribution in [0, 0.1) is 0 Å². The quantitative estimate of drug-likeness (QED) is 0.441. The van der Waals surface area contributed by atoms with E-state index in [1.165, 1.54) is 0 Å². The maximum Gasteiger partial charge on any atom is 0.106 e. The fraction of sp³-hybridized carbons (Fsp3) is 0.400. The third-order valence-corrected chi connectivity index (χ3v) is 0.289. The molecule has 0 fully saturated rings. The largest absolute Gasteiger partial charge is 0.307 e. The molecule has 0 N–H and O–H groups in total. The van der Waals surface area contributed by atoms with Crippen LogP contribution in [0.4, 0.5) is 0 Å². The Bertz CT molecular complexity index is 25.1. The molecule has 0 saturated carbocycles. The van der Waals surface area contributed by atoms with Crippen LogP contribution < -0.4 is 0 Å². The fourth-order valence-corrected chi connectivity index (χ4v) is 0. The van der Waals surface area contributed by atoms with Gasteiger partial charge in [0.1, 0.15) is 6.79 Å². The van der Waals surface area contributed by atoms with Crippen molar-refractivity contribution in [1.82, 2.24) is 0 Å². The second-order valence-corrected chi connectivity index (χ2v) is 0.697. The van der Waals surface area contributed by atoms with E-state index in [-0.39, 0.29) is 0 Å². The third kappa shape index (κ3) is 118. The van der Waals surface area contributed by atoms with Gasteiger partial charge in [-0.1, -0.05) is 13.0 Å². The molecule has 0 heterocycles. The lowest BCUT2D eigenvalue weighted by atomic mass is 10.5. The molecule has 6 heavy (non-hydrogen) atoms. The fourth-order valence-electron chi connectivity index (χ4n) is 0. The van der Waals surface area contributed by atoms with Gasteiger partial charge in [0.25, 0.3) is 0 Å². The minimum absolute atomic E-state index is 1.08. The topological polar surface area (TPSA) is 17.1 Å². The van der Waals surface area contributed by atoms with Gasteiger partial charge < -0.3 is 4.79 Å². The molecule has 0 aliphatic heterocycles. The lowest BCUT2D eigenvalue weighted by Gasteiger charge is -1.57. The van der Waals surface area contributed by atoms with Crippen molar-refractivity contribution in [1.29, 1.82) is 0 Å². The average molecular weight is 86.1 g/mol. The maximum absolute atomic E-state index is 8.00. The van der Waals surface area contributed by atoms with Crippen LogP contribution in [0.1, 0.15) is 13.3 Å². The molecule has 0 aromatic heterocycles. The summed E-state index contributed by atoms with van der Waals surface area (Å²) in [6.45, 7) is 7.54. The summed E-state index contributed by atoms with van der Waals surface area (Å²) in [5.74, 6) is 0. The number of allylic oxidation sites excluding steroid dienone is 1. The number of hydrogen-bond donors (Lipinski definition) is 0. The summed E-state index contributed by atoms with van der Waals surface area (Å²) >= 11 is 0. The van der Waals surface area contributed by atoms with Gasteiger partial charge in [0.2, 0.25) is 0 Å². The zero-order valence-corrected chi connectivity index (χ0v) is 4.11. The zero-order chi connectivity index (χ0) is 5.41. The predicted molar refractivity (Wildman–Crippen MR) is 27.6 cm³/mol. The Morgan fingerprint density at radius 1 is 1.67 bits per heavy atom. The van der Waals surface area contributed by atoms with Gasteiger partial charge in [-0.2, -0.15) is 0 Å². The van der Waals surface area contributed by atoms with Crippen molar-refractivity contribution in [3.8, 4) is 0 Å². The third-order valence-electron chi connectivity index (χ3n) is 0.289. The lowest BCUT2D eigenvalue weighted by Crippen LogP contribution is -1.36. The highest BCUT2D eigenvalue weighted by Gasteiger charge is 1.45. The van der Waals surface area contributed by atoms with Crippen molar-refractivity contribution in [2.24, 2.45) is 0 Å². The minimum Gasteiger partial charge on any atom is -0.307 e. The summed E-state index contributed by atoms with van der Waals surface area (Å²) in [5.41, 5.74) is 0. The minimum atomic E-state index is 1.08. The summed E-state index contributed by atoms with van der Waals surface area (Å²) in [5, 5.41) is 0. The first kappa shape index (κ1) is 9.05. The number of hydrogen-bond acceptors (Lipinski definition) is 1. The average Bonchev–Trinajstić information content (AvgIpc) is 1.72. The molecule has 0 aliphatic carbocycles. The standard InChI is InChI=1S/C4H8.CH2O/c1-3-4-2;1-2/h3H,1,4H2,2H3;1H2. The van der Waals surface area contributed by atoms with E-state index in [2.05, 4.69) is 13.5 Å². The summed E-state index contributed by atoms with van der Waals surface area (Å²) in [6.07, 6.45) is 2.96. The number of rotatable bonds is 1. The molecule has 1 heteroatoms. The zero-order valence-electron chi connectivity index (χ0n) is 4.11. The lowest BCUT2D eigenvalue weighted by molar-refractivity contribution is -0.0979. The first-order valence-electron chi connectivity index (χ1n) is 1.81.